The SMILES string of the molecule is C=C1CC(=O)[C@@H](C)C(C(C)C)C1. The van der Waals surface area contributed by atoms with E-state index in [1.54, 1.807) is 0 Å². The van der Waals surface area contributed by atoms with Gasteiger partial charge in [-0.2, -0.15) is 0 Å². The molecule has 1 aliphatic carbocycles. The maximum absolute atomic E-state index is 11.5. The number of rotatable bonds is 1. The molecular weight excluding hydrogens is 148 g/mol. The Morgan fingerprint density at radius 1 is 1.50 bits per heavy atom. The Hall–Kier alpha value is -0.590. The smallest absolute Gasteiger partial charge is 0.140 e. The summed E-state index contributed by atoms with van der Waals surface area (Å²) in [5.41, 5.74) is 1.12. The lowest BCUT2D eigenvalue weighted by atomic mass is 9.72. The van der Waals surface area contributed by atoms with Gasteiger partial charge in [0.05, 0.1) is 0 Å². The maximum Gasteiger partial charge on any atom is 0.140 e. The molecular formula is C11H18O. The van der Waals surface area contributed by atoms with Crippen LogP contribution in [0.4, 0.5) is 0 Å². The molecule has 0 amide bonds. The lowest BCUT2D eigenvalue weighted by molar-refractivity contribution is -0.125. The molecule has 12 heavy (non-hydrogen) atoms. The highest BCUT2D eigenvalue weighted by molar-refractivity contribution is 5.84. The average Bonchev–Trinajstić information content (AvgIpc) is 1.96. The summed E-state index contributed by atoms with van der Waals surface area (Å²) in [6.45, 7) is 10.3. The van der Waals surface area contributed by atoms with Crippen molar-refractivity contribution in [2.75, 3.05) is 0 Å². The monoisotopic (exact) mass is 166 g/mol. The molecule has 1 aliphatic rings. The fourth-order valence-electron chi connectivity index (χ4n) is 2.04. The molecule has 2 atom stereocenters. The average molecular weight is 166 g/mol. The van der Waals surface area contributed by atoms with Crippen molar-refractivity contribution >= 4 is 5.78 Å². The molecule has 0 N–H and O–H groups in total. The van der Waals surface area contributed by atoms with Crippen molar-refractivity contribution in [2.24, 2.45) is 17.8 Å². The third kappa shape index (κ3) is 1.77. The predicted molar refractivity (Wildman–Crippen MR) is 50.9 cm³/mol. The van der Waals surface area contributed by atoms with E-state index >= 15 is 0 Å². The van der Waals surface area contributed by atoms with Crippen LogP contribution in [0.2, 0.25) is 0 Å². The summed E-state index contributed by atoms with van der Waals surface area (Å²) in [7, 11) is 0. The molecule has 0 bridgehead atoms. The van der Waals surface area contributed by atoms with Gasteiger partial charge in [-0.05, 0) is 18.3 Å². The molecule has 1 fully saturated rings. The first kappa shape index (κ1) is 9.50. The van der Waals surface area contributed by atoms with Crippen LogP contribution < -0.4 is 0 Å². The third-order valence-electron chi connectivity index (χ3n) is 2.96. The molecule has 1 rings (SSSR count). The van der Waals surface area contributed by atoms with E-state index in [9.17, 15) is 4.79 Å². The van der Waals surface area contributed by atoms with Crippen LogP contribution in [0, 0.1) is 17.8 Å². The minimum atomic E-state index is 0.246. The first-order valence-electron chi connectivity index (χ1n) is 4.71. The summed E-state index contributed by atoms with van der Waals surface area (Å²) in [6.07, 6.45) is 1.66. The quantitative estimate of drug-likeness (QED) is 0.547. The molecule has 0 saturated heterocycles. The Kier molecular flexibility index (Phi) is 2.71. The number of carbonyl (C=O) groups is 1. The zero-order valence-electron chi connectivity index (χ0n) is 8.26. The van der Waals surface area contributed by atoms with Crippen molar-refractivity contribution in [2.45, 2.75) is 33.6 Å². The molecule has 1 saturated carbocycles. The van der Waals surface area contributed by atoms with E-state index in [1.165, 1.54) is 0 Å². The lowest BCUT2D eigenvalue weighted by Crippen LogP contribution is -2.30. The van der Waals surface area contributed by atoms with E-state index in [1.807, 2.05) is 0 Å². The Balaban J connectivity index is 2.73. The Morgan fingerprint density at radius 3 is 2.58 bits per heavy atom. The van der Waals surface area contributed by atoms with E-state index in [0.717, 1.165) is 12.0 Å². The topological polar surface area (TPSA) is 17.1 Å². The zero-order valence-corrected chi connectivity index (χ0v) is 8.26. The van der Waals surface area contributed by atoms with Gasteiger partial charge in [-0.15, -0.1) is 0 Å². The van der Waals surface area contributed by atoms with Crippen LogP contribution in [-0.2, 0) is 4.79 Å². The predicted octanol–water partition coefficient (Wildman–Crippen LogP) is 2.81. The molecule has 0 radical (unpaired) electrons. The van der Waals surface area contributed by atoms with E-state index in [0.29, 0.717) is 24.0 Å². The van der Waals surface area contributed by atoms with Gasteiger partial charge in [0.15, 0.2) is 0 Å². The number of hydrogen-bond donors (Lipinski definition) is 0. The Labute approximate surface area is 74.9 Å². The first-order valence-corrected chi connectivity index (χ1v) is 4.71. The number of hydrogen-bond acceptors (Lipinski definition) is 1. The standard InChI is InChI=1S/C11H18O/c1-7(2)10-5-8(3)6-11(12)9(10)4/h7,9-10H,3,5-6H2,1-2,4H3/t9-,10?/m0/s1. The van der Waals surface area contributed by atoms with Gasteiger partial charge in [-0.25, -0.2) is 0 Å². The highest BCUT2D eigenvalue weighted by atomic mass is 16.1. The van der Waals surface area contributed by atoms with Gasteiger partial charge in [-0.1, -0.05) is 32.9 Å². The van der Waals surface area contributed by atoms with Crippen LogP contribution in [-0.4, -0.2) is 5.78 Å². The van der Waals surface area contributed by atoms with Crippen molar-refractivity contribution in [3.8, 4) is 0 Å². The number of carbonyl (C=O) groups excluding carboxylic acids is 1. The molecule has 1 unspecified atom stereocenters. The van der Waals surface area contributed by atoms with Gasteiger partial charge in [0.1, 0.15) is 5.78 Å². The summed E-state index contributed by atoms with van der Waals surface area (Å²) in [4.78, 5) is 11.5. The number of Topliss-reactive ketones (excluding diaryl/α,β-unsaturated/α-hetero) is 1. The van der Waals surface area contributed by atoms with Gasteiger partial charge < -0.3 is 0 Å². The van der Waals surface area contributed by atoms with Gasteiger partial charge >= 0.3 is 0 Å². The van der Waals surface area contributed by atoms with Gasteiger partial charge in [0.2, 0.25) is 0 Å². The molecule has 0 aromatic rings. The Morgan fingerprint density at radius 2 is 2.08 bits per heavy atom. The molecule has 0 aromatic carbocycles. The second-order valence-corrected chi connectivity index (χ2v) is 4.29. The van der Waals surface area contributed by atoms with E-state index in [4.69, 9.17) is 0 Å². The van der Waals surface area contributed by atoms with E-state index in [-0.39, 0.29) is 5.92 Å². The van der Waals surface area contributed by atoms with Gasteiger partial charge in [0, 0.05) is 12.3 Å². The number of allylic oxidation sites excluding steroid dienone is 1. The highest BCUT2D eigenvalue weighted by Crippen LogP contribution is 2.34. The first-order chi connectivity index (χ1) is 5.52. The van der Waals surface area contributed by atoms with Crippen LogP contribution in [0.5, 0.6) is 0 Å². The molecule has 0 spiro atoms. The fourth-order valence-corrected chi connectivity index (χ4v) is 2.04. The van der Waals surface area contributed by atoms with Crippen molar-refractivity contribution in [3.05, 3.63) is 12.2 Å². The molecule has 0 heterocycles. The normalized spacial score (nSPS) is 31.3. The molecule has 0 aromatic heterocycles. The summed E-state index contributed by atoms with van der Waals surface area (Å²) in [5.74, 6) is 1.75. The van der Waals surface area contributed by atoms with Crippen LogP contribution in [0.3, 0.4) is 0 Å². The Bertz CT molecular complexity index is 203. The third-order valence-corrected chi connectivity index (χ3v) is 2.96. The highest BCUT2D eigenvalue weighted by Gasteiger charge is 2.31. The van der Waals surface area contributed by atoms with E-state index < -0.39 is 0 Å². The van der Waals surface area contributed by atoms with Gasteiger partial charge in [0.25, 0.3) is 0 Å². The van der Waals surface area contributed by atoms with Crippen molar-refractivity contribution in [1.82, 2.24) is 0 Å². The van der Waals surface area contributed by atoms with Crippen LogP contribution >= 0.6 is 0 Å². The van der Waals surface area contributed by atoms with Crippen LogP contribution in [0.25, 0.3) is 0 Å². The number of ketones is 1. The minimum Gasteiger partial charge on any atom is -0.299 e. The van der Waals surface area contributed by atoms with Crippen molar-refractivity contribution < 1.29 is 4.79 Å². The molecule has 0 aliphatic heterocycles. The second-order valence-electron chi connectivity index (χ2n) is 4.29. The van der Waals surface area contributed by atoms with E-state index in [2.05, 4.69) is 27.4 Å². The second kappa shape index (κ2) is 3.42. The summed E-state index contributed by atoms with van der Waals surface area (Å²) in [6, 6.07) is 0. The summed E-state index contributed by atoms with van der Waals surface area (Å²) < 4.78 is 0. The minimum absolute atomic E-state index is 0.246. The van der Waals surface area contributed by atoms with Crippen LogP contribution in [0.1, 0.15) is 33.6 Å². The van der Waals surface area contributed by atoms with Crippen molar-refractivity contribution in [1.29, 1.82) is 0 Å². The van der Waals surface area contributed by atoms with Crippen molar-refractivity contribution in [3.63, 3.8) is 0 Å². The lowest BCUT2D eigenvalue weighted by Gasteiger charge is -2.31. The summed E-state index contributed by atoms with van der Waals surface area (Å²) >= 11 is 0. The molecule has 68 valence electrons. The maximum atomic E-state index is 11.5. The zero-order chi connectivity index (χ0) is 9.30. The fraction of sp³-hybridized carbons (Fsp3) is 0.727. The molecule has 1 heteroatoms. The molecule has 1 nitrogen and oxygen atoms in total. The summed E-state index contributed by atoms with van der Waals surface area (Å²) in [5, 5.41) is 0. The van der Waals surface area contributed by atoms with Crippen LogP contribution in [0.15, 0.2) is 12.2 Å². The largest absolute Gasteiger partial charge is 0.299 e. The van der Waals surface area contributed by atoms with Gasteiger partial charge in [-0.3, -0.25) is 4.79 Å².